The normalized spacial score (nSPS) is 26.1. The third-order valence-electron chi connectivity index (χ3n) is 5.50. The molecule has 3 heterocycles. The number of hydrogen-bond donors (Lipinski definition) is 0. The highest BCUT2D eigenvalue weighted by Crippen LogP contribution is 2.36. The molecule has 0 unspecified atom stereocenters. The zero-order valence-electron chi connectivity index (χ0n) is 15.7. The summed E-state index contributed by atoms with van der Waals surface area (Å²) in [7, 11) is 0. The van der Waals surface area contributed by atoms with Crippen molar-refractivity contribution < 1.29 is 13.9 Å². The van der Waals surface area contributed by atoms with Crippen molar-refractivity contribution in [1.29, 1.82) is 0 Å². The zero-order chi connectivity index (χ0) is 19.0. The van der Waals surface area contributed by atoms with Gasteiger partial charge in [0, 0.05) is 31.0 Å². The van der Waals surface area contributed by atoms with Crippen LogP contribution >= 0.6 is 0 Å². The number of carbonyl (C=O) groups excluding carboxylic acids is 1. The van der Waals surface area contributed by atoms with Gasteiger partial charge in [-0.15, -0.1) is 0 Å². The molecule has 0 aliphatic carbocycles. The van der Waals surface area contributed by atoms with Gasteiger partial charge in [-0.05, 0) is 56.7 Å². The molecule has 2 fully saturated rings. The average Bonchev–Trinajstić information content (AvgIpc) is 2.63. The fourth-order valence-electron chi connectivity index (χ4n) is 4.23. The molecule has 5 nitrogen and oxygen atoms in total. The van der Waals surface area contributed by atoms with Gasteiger partial charge in [-0.1, -0.05) is 6.07 Å². The first kappa shape index (κ1) is 18.1. The number of benzene rings is 1. The number of rotatable bonds is 3. The van der Waals surface area contributed by atoms with E-state index in [0.717, 1.165) is 43.1 Å². The van der Waals surface area contributed by atoms with E-state index in [1.807, 2.05) is 25.1 Å². The molecule has 2 atom stereocenters. The molecule has 2 aliphatic rings. The lowest BCUT2D eigenvalue weighted by Gasteiger charge is -2.52. The van der Waals surface area contributed by atoms with Crippen molar-refractivity contribution >= 4 is 11.6 Å². The Kier molecular flexibility index (Phi) is 4.70. The van der Waals surface area contributed by atoms with E-state index in [1.54, 1.807) is 17.0 Å². The van der Waals surface area contributed by atoms with Gasteiger partial charge in [0.1, 0.15) is 12.4 Å². The van der Waals surface area contributed by atoms with Gasteiger partial charge in [-0.2, -0.15) is 0 Å². The topological polar surface area (TPSA) is 45.7 Å². The lowest BCUT2D eigenvalue weighted by atomic mass is 9.85. The Hall–Kier alpha value is -2.31. The SMILES string of the molecule is Cc1cccc(CN2CC[C@H]3N(c4ccc(F)cc4)C(=O)CO[C@]3(C)C2)n1. The molecule has 27 heavy (non-hydrogen) atoms. The number of amides is 1. The van der Waals surface area contributed by atoms with Crippen LogP contribution in [0.3, 0.4) is 0 Å². The number of aryl methyl sites for hydroxylation is 1. The predicted octanol–water partition coefficient (Wildman–Crippen LogP) is 2.93. The smallest absolute Gasteiger partial charge is 0.253 e. The lowest BCUT2D eigenvalue weighted by Crippen LogP contribution is -2.67. The largest absolute Gasteiger partial charge is 0.362 e. The number of morpholine rings is 1. The minimum atomic E-state index is -0.468. The fraction of sp³-hybridized carbons (Fsp3) is 0.429. The summed E-state index contributed by atoms with van der Waals surface area (Å²) in [6, 6.07) is 12.1. The van der Waals surface area contributed by atoms with E-state index in [9.17, 15) is 9.18 Å². The number of aromatic nitrogens is 1. The van der Waals surface area contributed by atoms with Crippen LogP contribution in [0.2, 0.25) is 0 Å². The van der Waals surface area contributed by atoms with Crippen molar-refractivity contribution in [2.45, 2.75) is 38.5 Å². The minimum absolute atomic E-state index is 0.0426. The second-order valence-corrected chi connectivity index (χ2v) is 7.63. The molecule has 0 bridgehead atoms. The molecule has 0 saturated carbocycles. The van der Waals surface area contributed by atoms with Crippen molar-refractivity contribution in [2.75, 3.05) is 24.6 Å². The van der Waals surface area contributed by atoms with Crippen LogP contribution < -0.4 is 4.90 Å². The summed E-state index contributed by atoms with van der Waals surface area (Å²) in [5, 5.41) is 0. The van der Waals surface area contributed by atoms with Gasteiger partial charge in [-0.3, -0.25) is 14.7 Å². The maximum atomic E-state index is 13.3. The Labute approximate surface area is 158 Å². The number of anilines is 1. The molecular formula is C21H24FN3O2. The van der Waals surface area contributed by atoms with E-state index in [1.165, 1.54) is 12.1 Å². The van der Waals surface area contributed by atoms with Gasteiger partial charge in [0.05, 0.1) is 17.3 Å². The van der Waals surface area contributed by atoms with Crippen LogP contribution in [0.15, 0.2) is 42.5 Å². The minimum Gasteiger partial charge on any atom is -0.362 e. The van der Waals surface area contributed by atoms with Crippen molar-refractivity contribution in [3.8, 4) is 0 Å². The van der Waals surface area contributed by atoms with Gasteiger partial charge in [-0.25, -0.2) is 4.39 Å². The summed E-state index contributed by atoms with van der Waals surface area (Å²) >= 11 is 0. The number of halogens is 1. The molecule has 0 N–H and O–H groups in total. The van der Waals surface area contributed by atoms with Crippen LogP contribution in [0.25, 0.3) is 0 Å². The van der Waals surface area contributed by atoms with Crippen LogP contribution in [-0.2, 0) is 16.1 Å². The van der Waals surface area contributed by atoms with E-state index >= 15 is 0 Å². The summed E-state index contributed by atoms with van der Waals surface area (Å²) in [4.78, 5) is 21.3. The first-order valence-electron chi connectivity index (χ1n) is 9.31. The number of likely N-dealkylation sites (tertiary alicyclic amines) is 1. The molecule has 0 radical (unpaired) electrons. The summed E-state index contributed by atoms with van der Waals surface area (Å²) in [5.41, 5.74) is 2.31. The molecule has 2 aromatic rings. The highest BCUT2D eigenvalue weighted by Gasteiger charge is 2.49. The Bertz CT molecular complexity index is 842. The van der Waals surface area contributed by atoms with Crippen LogP contribution in [0.1, 0.15) is 24.7 Å². The Morgan fingerprint density at radius 2 is 2.04 bits per heavy atom. The molecule has 2 aliphatic heterocycles. The van der Waals surface area contributed by atoms with E-state index in [-0.39, 0.29) is 24.4 Å². The standard InChI is InChI=1S/C21H24FN3O2/c1-15-4-3-5-17(23-15)12-24-11-10-19-21(2,14-24)27-13-20(26)25(19)18-8-6-16(22)7-9-18/h3-9,19H,10-14H2,1-2H3/t19-,21-/m1/s1. The monoisotopic (exact) mass is 369 g/mol. The summed E-state index contributed by atoms with van der Waals surface area (Å²) in [6.07, 6.45) is 0.797. The van der Waals surface area contributed by atoms with Crippen molar-refractivity contribution in [3.05, 3.63) is 59.7 Å². The van der Waals surface area contributed by atoms with E-state index in [2.05, 4.69) is 16.8 Å². The number of hydrogen-bond acceptors (Lipinski definition) is 4. The molecule has 142 valence electrons. The maximum Gasteiger partial charge on any atom is 0.253 e. The first-order valence-corrected chi connectivity index (χ1v) is 9.31. The third kappa shape index (κ3) is 3.59. The number of pyridine rings is 1. The van der Waals surface area contributed by atoms with Gasteiger partial charge < -0.3 is 9.64 Å². The molecule has 0 spiro atoms. The highest BCUT2D eigenvalue weighted by molar-refractivity contribution is 5.96. The van der Waals surface area contributed by atoms with Crippen LogP contribution in [0.4, 0.5) is 10.1 Å². The number of ether oxygens (including phenoxy) is 1. The molecule has 2 saturated heterocycles. The lowest BCUT2D eigenvalue weighted by molar-refractivity contribution is -0.152. The highest BCUT2D eigenvalue weighted by atomic mass is 19.1. The molecule has 1 aromatic carbocycles. The van der Waals surface area contributed by atoms with Gasteiger partial charge in [0.2, 0.25) is 0 Å². The third-order valence-corrected chi connectivity index (χ3v) is 5.50. The molecule has 1 aromatic heterocycles. The first-order chi connectivity index (χ1) is 12.9. The molecule has 4 rings (SSSR count). The van der Waals surface area contributed by atoms with Crippen molar-refractivity contribution in [3.63, 3.8) is 0 Å². The molecular weight excluding hydrogens is 345 g/mol. The fourth-order valence-corrected chi connectivity index (χ4v) is 4.23. The molecule has 6 heteroatoms. The van der Waals surface area contributed by atoms with Gasteiger partial charge in [0.25, 0.3) is 5.91 Å². The molecule has 1 amide bonds. The predicted molar refractivity (Wildman–Crippen MR) is 101 cm³/mol. The number of fused-ring (bicyclic) bond motifs is 1. The van der Waals surface area contributed by atoms with Gasteiger partial charge >= 0.3 is 0 Å². The second-order valence-electron chi connectivity index (χ2n) is 7.63. The van der Waals surface area contributed by atoms with Crippen LogP contribution in [0, 0.1) is 12.7 Å². The number of piperidine rings is 1. The summed E-state index contributed by atoms with van der Waals surface area (Å²) in [6.45, 7) is 6.44. The van der Waals surface area contributed by atoms with Crippen LogP contribution in [0.5, 0.6) is 0 Å². The average molecular weight is 369 g/mol. The van der Waals surface area contributed by atoms with Crippen LogP contribution in [-0.4, -0.2) is 47.1 Å². The van der Waals surface area contributed by atoms with E-state index < -0.39 is 5.60 Å². The van der Waals surface area contributed by atoms with Crippen molar-refractivity contribution in [1.82, 2.24) is 9.88 Å². The van der Waals surface area contributed by atoms with E-state index in [0.29, 0.717) is 0 Å². The number of carbonyl (C=O) groups is 1. The zero-order valence-corrected chi connectivity index (χ0v) is 15.7. The summed E-state index contributed by atoms with van der Waals surface area (Å²) in [5.74, 6) is -0.374. The second kappa shape index (κ2) is 7.02. The Balaban J connectivity index is 1.54. The Morgan fingerprint density at radius 1 is 1.26 bits per heavy atom. The number of nitrogens with zero attached hydrogens (tertiary/aromatic N) is 3. The van der Waals surface area contributed by atoms with E-state index in [4.69, 9.17) is 4.74 Å². The maximum absolute atomic E-state index is 13.3. The summed E-state index contributed by atoms with van der Waals surface area (Å²) < 4.78 is 19.3. The Morgan fingerprint density at radius 3 is 2.78 bits per heavy atom. The van der Waals surface area contributed by atoms with Gasteiger partial charge in [0.15, 0.2) is 0 Å². The van der Waals surface area contributed by atoms with Crippen molar-refractivity contribution in [2.24, 2.45) is 0 Å². The quantitative estimate of drug-likeness (QED) is 0.835.